The molecule has 0 aromatic carbocycles. The first-order valence-corrected chi connectivity index (χ1v) is 18.0. The molecule has 1 saturated heterocycles. The van der Waals surface area contributed by atoms with Gasteiger partial charge in [0.25, 0.3) is 0 Å². The standard InChI is InChI=1S/C31H49N5O7Si/c1-18-33-24(35(26(37)42-28(2,3)4)27(38)43-29(5,6)7)20-16-32-36(25(20)34-18)21-15-19(17-39-44(13,14)30(8,9)10)22-23(21)41-31(11,12)40-22/h15-16,21-23H,17H2,1-14H3/t21-,22-,23+/m1/s1. The van der Waals surface area contributed by atoms with Gasteiger partial charge in [0.05, 0.1) is 18.2 Å². The van der Waals surface area contributed by atoms with Gasteiger partial charge < -0.3 is 23.4 Å². The molecule has 2 aromatic heterocycles. The summed E-state index contributed by atoms with van der Waals surface area (Å²) >= 11 is 0. The van der Waals surface area contributed by atoms with E-state index in [1.165, 1.54) is 0 Å². The van der Waals surface area contributed by atoms with Crippen molar-refractivity contribution in [2.75, 3.05) is 11.5 Å². The van der Waals surface area contributed by atoms with Crippen molar-refractivity contribution in [1.82, 2.24) is 19.7 Å². The number of carbonyl (C=O) groups is 2. The monoisotopic (exact) mass is 631 g/mol. The molecule has 12 nitrogen and oxygen atoms in total. The van der Waals surface area contributed by atoms with Gasteiger partial charge >= 0.3 is 12.2 Å². The molecule has 1 aliphatic carbocycles. The van der Waals surface area contributed by atoms with Crippen molar-refractivity contribution >= 4 is 37.4 Å². The van der Waals surface area contributed by atoms with Crippen molar-refractivity contribution < 1.29 is 33.0 Å². The predicted octanol–water partition coefficient (Wildman–Crippen LogP) is 6.83. The number of imide groups is 1. The van der Waals surface area contributed by atoms with Crippen LogP contribution >= 0.6 is 0 Å². The molecule has 2 aromatic rings. The Morgan fingerprint density at radius 3 is 2.07 bits per heavy atom. The summed E-state index contributed by atoms with van der Waals surface area (Å²) in [6.45, 7) is 27.3. The Labute approximate surface area is 261 Å². The molecular formula is C31H49N5O7Si. The second-order valence-corrected chi connectivity index (χ2v) is 20.3. The third-order valence-electron chi connectivity index (χ3n) is 7.81. The summed E-state index contributed by atoms with van der Waals surface area (Å²) in [5, 5.41) is 5.12. The summed E-state index contributed by atoms with van der Waals surface area (Å²) in [5.74, 6) is -0.464. The van der Waals surface area contributed by atoms with Crippen molar-refractivity contribution in [2.45, 2.75) is 136 Å². The van der Waals surface area contributed by atoms with Crippen molar-refractivity contribution in [3.05, 3.63) is 23.7 Å². The fourth-order valence-corrected chi connectivity index (χ4v) is 5.78. The molecule has 0 N–H and O–H groups in total. The highest BCUT2D eigenvalue weighted by atomic mass is 28.4. The number of ether oxygens (including phenoxy) is 4. The van der Waals surface area contributed by atoms with Crippen LogP contribution in [0.1, 0.15) is 88.0 Å². The van der Waals surface area contributed by atoms with Crippen LogP contribution in [0.2, 0.25) is 18.1 Å². The lowest BCUT2D eigenvalue weighted by Gasteiger charge is -2.36. The molecule has 44 heavy (non-hydrogen) atoms. The van der Waals surface area contributed by atoms with Crippen LogP contribution in [-0.2, 0) is 23.4 Å². The Bertz CT molecular complexity index is 1430. The minimum atomic E-state index is -2.04. The van der Waals surface area contributed by atoms with Crippen LogP contribution in [0.5, 0.6) is 0 Å². The first-order valence-electron chi connectivity index (χ1n) is 15.1. The fourth-order valence-electron chi connectivity index (χ4n) is 4.82. The maximum atomic E-state index is 13.5. The van der Waals surface area contributed by atoms with E-state index in [-0.39, 0.29) is 17.0 Å². The van der Waals surface area contributed by atoms with E-state index in [9.17, 15) is 9.59 Å². The molecule has 0 saturated carbocycles. The second kappa shape index (κ2) is 11.2. The Hall–Kier alpha value is -2.87. The molecular weight excluding hydrogens is 582 g/mol. The zero-order valence-electron chi connectivity index (χ0n) is 28.7. The molecule has 244 valence electrons. The summed E-state index contributed by atoms with van der Waals surface area (Å²) in [4.78, 5) is 36.9. The van der Waals surface area contributed by atoms with Gasteiger partial charge in [0, 0.05) is 0 Å². The highest BCUT2D eigenvalue weighted by Gasteiger charge is 2.52. The van der Waals surface area contributed by atoms with Crippen molar-refractivity contribution in [1.29, 1.82) is 0 Å². The van der Waals surface area contributed by atoms with Gasteiger partial charge in [-0.25, -0.2) is 24.2 Å². The maximum Gasteiger partial charge on any atom is 0.425 e. The number of hydrogen-bond donors (Lipinski definition) is 0. The lowest BCUT2D eigenvalue weighted by molar-refractivity contribution is -0.148. The van der Waals surface area contributed by atoms with Gasteiger partial charge in [-0.15, -0.1) is 0 Å². The van der Waals surface area contributed by atoms with E-state index < -0.39 is 49.6 Å². The topological polar surface area (TPSA) is 127 Å². The molecule has 3 atom stereocenters. The average Bonchev–Trinajstić information content (AvgIpc) is 3.45. The summed E-state index contributed by atoms with van der Waals surface area (Å²) in [7, 11) is -2.04. The summed E-state index contributed by atoms with van der Waals surface area (Å²) < 4.78 is 32.3. The highest BCUT2D eigenvalue weighted by Crippen LogP contribution is 2.45. The molecule has 4 rings (SSSR count). The second-order valence-electron chi connectivity index (χ2n) is 15.5. The van der Waals surface area contributed by atoms with Crippen molar-refractivity contribution in [2.24, 2.45) is 0 Å². The number of rotatable bonds is 5. The van der Waals surface area contributed by atoms with E-state index in [1.807, 2.05) is 13.8 Å². The van der Waals surface area contributed by atoms with Crippen LogP contribution < -0.4 is 4.90 Å². The number of aromatic nitrogens is 4. The zero-order chi connectivity index (χ0) is 33.2. The molecule has 3 heterocycles. The Morgan fingerprint density at radius 2 is 1.55 bits per heavy atom. The van der Waals surface area contributed by atoms with Crippen LogP contribution in [0.15, 0.2) is 17.8 Å². The van der Waals surface area contributed by atoms with E-state index in [1.54, 1.807) is 59.3 Å². The minimum absolute atomic E-state index is 0.0196. The zero-order valence-corrected chi connectivity index (χ0v) is 29.7. The molecule has 1 fully saturated rings. The van der Waals surface area contributed by atoms with Crippen LogP contribution in [0.25, 0.3) is 11.0 Å². The smallest absolute Gasteiger partial charge is 0.425 e. The fraction of sp³-hybridized carbons (Fsp3) is 0.710. The normalized spacial score (nSPS) is 22.1. The quantitative estimate of drug-likeness (QED) is 0.256. The molecule has 0 unspecified atom stereocenters. The number of nitrogens with zero attached hydrogens (tertiary/aromatic N) is 5. The maximum absolute atomic E-state index is 13.5. The Kier molecular flexibility index (Phi) is 8.64. The molecule has 0 bridgehead atoms. The molecule has 0 spiro atoms. The van der Waals surface area contributed by atoms with E-state index in [4.69, 9.17) is 33.5 Å². The number of fused-ring (bicyclic) bond motifs is 2. The van der Waals surface area contributed by atoms with E-state index in [0.29, 0.717) is 23.5 Å². The number of hydrogen-bond acceptors (Lipinski definition) is 10. The van der Waals surface area contributed by atoms with Gasteiger partial charge in [-0.05, 0) is 86.0 Å². The Balaban J connectivity index is 1.80. The van der Waals surface area contributed by atoms with Crippen LogP contribution in [0, 0.1) is 6.92 Å². The molecule has 1 aliphatic heterocycles. The summed E-state index contributed by atoms with van der Waals surface area (Å²) in [6, 6.07) is -0.393. The first kappa shape index (κ1) is 34.0. The van der Waals surface area contributed by atoms with Gasteiger partial charge in [0.1, 0.15) is 35.3 Å². The third-order valence-corrected chi connectivity index (χ3v) is 12.3. The molecule has 13 heteroatoms. The van der Waals surface area contributed by atoms with Gasteiger partial charge in [-0.2, -0.15) is 10.00 Å². The molecule has 2 aliphatic rings. The number of carbonyl (C=O) groups excluding carboxylic acids is 2. The third kappa shape index (κ3) is 7.16. The predicted molar refractivity (Wildman–Crippen MR) is 169 cm³/mol. The van der Waals surface area contributed by atoms with Gasteiger partial charge in [-0.3, -0.25) is 0 Å². The lowest BCUT2D eigenvalue weighted by atomic mass is 10.1. The largest absolute Gasteiger partial charge is 0.443 e. The van der Waals surface area contributed by atoms with Crippen LogP contribution in [0.3, 0.4) is 0 Å². The first-order chi connectivity index (χ1) is 19.9. The van der Waals surface area contributed by atoms with E-state index in [0.717, 1.165) is 10.5 Å². The number of aryl methyl sites for hydroxylation is 1. The van der Waals surface area contributed by atoms with E-state index in [2.05, 4.69) is 44.9 Å². The van der Waals surface area contributed by atoms with Crippen LogP contribution in [0.4, 0.5) is 15.4 Å². The lowest BCUT2D eigenvalue weighted by Crippen LogP contribution is -2.44. The highest BCUT2D eigenvalue weighted by molar-refractivity contribution is 6.74. The van der Waals surface area contributed by atoms with Gasteiger partial charge in [-0.1, -0.05) is 26.8 Å². The van der Waals surface area contributed by atoms with Crippen LogP contribution in [-0.4, -0.2) is 76.1 Å². The number of anilines is 1. The summed E-state index contributed by atoms with van der Waals surface area (Å²) in [5.41, 5.74) is -0.345. The molecule has 2 amide bonds. The van der Waals surface area contributed by atoms with Gasteiger partial charge in [0.15, 0.2) is 25.6 Å². The van der Waals surface area contributed by atoms with E-state index >= 15 is 0 Å². The average molecular weight is 632 g/mol. The van der Waals surface area contributed by atoms with Crippen molar-refractivity contribution in [3.63, 3.8) is 0 Å². The summed E-state index contributed by atoms with van der Waals surface area (Å²) in [6.07, 6.45) is 1.05. The van der Waals surface area contributed by atoms with Crippen molar-refractivity contribution in [3.8, 4) is 0 Å². The number of amides is 2. The molecule has 0 radical (unpaired) electrons. The minimum Gasteiger partial charge on any atom is -0.443 e. The Morgan fingerprint density at radius 1 is 0.977 bits per heavy atom. The van der Waals surface area contributed by atoms with Gasteiger partial charge in [0.2, 0.25) is 0 Å². The SMILES string of the molecule is Cc1nc(N(C(=O)OC(C)(C)C)C(=O)OC(C)(C)C)c2cnn([C@@H]3C=C(CO[Si](C)(C)C(C)(C)C)[C@H]4OC(C)(C)O[C@H]43)c2n1.